The fourth-order valence-electron chi connectivity index (χ4n) is 3.05. The Balaban J connectivity index is 1.48. The standard InChI is InChI=1S/C23H21BrN2O2S/c24-18-10-12-20(13-11-18)28-15-19(27)14-26-22-9-5-4-8-21(22)25-23(26)29-16-17-6-2-1-3-7-17/h1-13,19,27H,14-16H2/t19-/m1/s1. The number of hydrogen-bond acceptors (Lipinski definition) is 4. The fourth-order valence-corrected chi connectivity index (χ4v) is 4.29. The summed E-state index contributed by atoms with van der Waals surface area (Å²) in [6, 6.07) is 26.0. The average Bonchev–Trinajstić information content (AvgIpc) is 3.10. The number of aliphatic hydroxyl groups is 1. The van der Waals surface area contributed by atoms with Crippen LogP contribution in [0.4, 0.5) is 0 Å². The van der Waals surface area contributed by atoms with E-state index in [1.807, 2.05) is 66.7 Å². The summed E-state index contributed by atoms with van der Waals surface area (Å²) in [5.74, 6) is 1.57. The number of nitrogens with zero attached hydrogens (tertiary/aromatic N) is 2. The van der Waals surface area contributed by atoms with Crippen molar-refractivity contribution in [1.29, 1.82) is 0 Å². The number of fused-ring (bicyclic) bond motifs is 1. The maximum Gasteiger partial charge on any atom is 0.169 e. The molecule has 4 nitrogen and oxygen atoms in total. The van der Waals surface area contributed by atoms with E-state index in [-0.39, 0.29) is 6.61 Å². The third kappa shape index (κ3) is 5.21. The fraction of sp³-hybridized carbons (Fsp3) is 0.174. The Morgan fingerprint density at radius 1 is 0.966 bits per heavy atom. The molecule has 1 N–H and O–H groups in total. The van der Waals surface area contributed by atoms with Crippen LogP contribution in [0.3, 0.4) is 0 Å². The molecule has 0 saturated carbocycles. The number of aromatic nitrogens is 2. The van der Waals surface area contributed by atoms with Crippen molar-refractivity contribution in [2.45, 2.75) is 23.6 Å². The molecule has 4 rings (SSSR count). The third-order valence-electron chi connectivity index (χ3n) is 4.48. The van der Waals surface area contributed by atoms with Gasteiger partial charge in [0.2, 0.25) is 0 Å². The van der Waals surface area contributed by atoms with E-state index in [1.165, 1.54) is 5.56 Å². The number of thioether (sulfide) groups is 1. The normalized spacial score (nSPS) is 12.2. The predicted octanol–water partition coefficient (Wildman–Crippen LogP) is 5.53. The van der Waals surface area contributed by atoms with Crippen LogP contribution in [0.2, 0.25) is 0 Å². The van der Waals surface area contributed by atoms with E-state index >= 15 is 0 Å². The number of ether oxygens (including phenoxy) is 1. The first kappa shape index (κ1) is 20.0. The Labute approximate surface area is 182 Å². The average molecular weight is 469 g/mol. The molecule has 0 saturated heterocycles. The lowest BCUT2D eigenvalue weighted by Crippen LogP contribution is -2.24. The van der Waals surface area contributed by atoms with E-state index in [4.69, 9.17) is 9.72 Å². The van der Waals surface area contributed by atoms with Gasteiger partial charge in [0.25, 0.3) is 0 Å². The van der Waals surface area contributed by atoms with Crippen molar-refractivity contribution in [2.24, 2.45) is 0 Å². The minimum atomic E-state index is -0.646. The third-order valence-corrected chi connectivity index (χ3v) is 6.06. The van der Waals surface area contributed by atoms with E-state index in [2.05, 4.69) is 32.6 Å². The second-order valence-corrected chi connectivity index (χ2v) is 8.54. The van der Waals surface area contributed by atoms with Crippen molar-refractivity contribution < 1.29 is 9.84 Å². The van der Waals surface area contributed by atoms with E-state index in [1.54, 1.807) is 11.8 Å². The molecule has 1 atom stereocenters. The Bertz CT molecular complexity index is 1070. The van der Waals surface area contributed by atoms with Crippen LogP contribution in [0.15, 0.2) is 88.5 Å². The largest absolute Gasteiger partial charge is 0.491 e. The highest BCUT2D eigenvalue weighted by atomic mass is 79.9. The number of benzene rings is 3. The summed E-state index contributed by atoms with van der Waals surface area (Å²) in [6.07, 6.45) is -0.646. The number of hydrogen-bond donors (Lipinski definition) is 1. The highest BCUT2D eigenvalue weighted by Gasteiger charge is 2.15. The van der Waals surface area contributed by atoms with Crippen LogP contribution in [0.25, 0.3) is 11.0 Å². The summed E-state index contributed by atoms with van der Waals surface area (Å²) >= 11 is 5.09. The first-order chi connectivity index (χ1) is 14.2. The summed E-state index contributed by atoms with van der Waals surface area (Å²) in [7, 11) is 0. The van der Waals surface area contributed by atoms with Crippen LogP contribution in [-0.4, -0.2) is 27.4 Å². The smallest absolute Gasteiger partial charge is 0.169 e. The number of aliphatic hydroxyl groups excluding tert-OH is 1. The van der Waals surface area contributed by atoms with Gasteiger partial charge in [0, 0.05) is 10.2 Å². The van der Waals surface area contributed by atoms with E-state index in [0.29, 0.717) is 6.54 Å². The lowest BCUT2D eigenvalue weighted by molar-refractivity contribution is 0.0914. The Kier molecular flexibility index (Phi) is 6.54. The molecule has 148 valence electrons. The van der Waals surface area contributed by atoms with Crippen molar-refractivity contribution in [3.05, 3.63) is 88.9 Å². The molecule has 4 aromatic rings. The van der Waals surface area contributed by atoms with Crippen molar-refractivity contribution in [3.8, 4) is 5.75 Å². The van der Waals surface area contributed by atoms with E-state index < -0.39 is 6.10 Å². The van der Waals surface area contributed by atoms with Gasteiger partial charge in [-0.25, -0.2) is 4.98 Å². The quantitative estimate of drug-likeness (QED) is 0.345. The van der Waals surface area contributed by atoms with Crippen molar-refractivity contribution in [1.82, 2.24) is 9.55 Å². The van der Waals surface area contributed by atoms with Gasteiger partial charge in [-0.05, 0) is 42.0 Å². The monoisotopic (exact) mass is 468 g/mol. The van der Waals surface area contributed by atoms with Crippen LogP contribution in [0.5, 0.6) is 5.75 Å². The number of para-hydroxylation sites is 2. The van der Waals surface area contributed by atoms with Crippen LogP contribution < -0.4 is 4.74 Å². The van der Waals surface area contributed by atoms with Crippen LogP contribution in [0.1, 0.15) is 5.56 Å². The molecule has 1 heterocycles. The molecule has 6 heteroatoms. The van der Waals surface area contributed by atoms with Gasteiger partial charge in [0.05, 0.1) is 17.6 Å². The summed E-state index contributed by atoms with van der Waals surface area (Å²) in [6.45, 7) is 0.644. The first-order valence-electron chi connectivity index (χ1n) is 9.37. The van der Waals surface area contributed by atoms with Gasteiger partial charge in [-0.3, -0.25) is 0 Å². The summed E-state index contributed by atoms with van der Waals surface area (Å²) in [5, 5.41) is 11.5. The highest BCUT2D eigenvalue weighted by molar-refractivity contribution is 9.10. The SMILES string of the molecule is O[C@@H](COc1ccc(Br)cc1)Cn1c(SCc2ccccc2)nc2ccccc21. The van der Waals surface area contributed by atoms with E-state index in [9.17, 15) is 5.11 Å². The molecule has 0 aliphatic rings. The van der Waals surface area contributed by atoms with Gasteiger partial charge < -0.3 is 14.4 Å². The number of halogens is 1. The van der Waals surface area contributed by atoms with Crippen LogP contribution in [0, 0.1) is 0 Å². The minimum absolute atomic E-state index is 0.219. The molecule has 1 aromatic heterocycles. The number of rotatable bonds is 8. The van der Waals surface area contributed by atoms with Crippen molar-refractivity contribution in [3.63, 3.8) is 0 Å². The molecule has 0 radical (unpaired) electrons. The first-order valence-corrected chi connectivity index (χ1v) is 11.2. The maximum atomic E-state index is 10.6. The second-order valence-electron chi connectivity index (χ2n) is 6.69. The van der Waals surface area contributed by atoms with Gasteiger partial charge in [0.1, 0.15) is 18.5 Å². The Morgan fingerprint density at radius 3 is 2.48 bits per heavy atom. The van der Waals surface area contributed by atoms with Gasteiger partial charge in [0.15, 0.2) is 5.16 Å². The number of imidazole rings is 1. The molecule has 0 aliphatic heterocycles. The molecule has 0 fully saturated rings. The molecule has 0 bridgehead atoms. The second kappa shape index (κ2) is 9.48. The van der Waals surface area contributed by atoms with Gasteiger partial charge >= 0.3 is 0 Å². The highest BCUT2D eigenvalue weighted by Crippen LogP contribution is 2.27. The zero-order valence-electron chi connectivity index (χ0n) is 15.7. The molecular formula is C23H21BrN2O2S. The van der Waals surface area contributed by atoms with Gasteiger partial charge in [-0.1, -0.05) is 70.2 Å². The summed E-state index contributed by atoms with van der Waals surface area (Å²) in [5.41, 5.74) is 3.20. The summed E-state index contributed by atoms with van der Waals surface area (Å²) < 4.78 is 8.82. The molecule has 29 heavy (non-hydrogen) atoms. The molecular weight excluding hydrogens is 448 g/mol. The van der Waals surface area contributed by atoms with Crippen molar-refractivity contribution >= 4 is 38.7 Å². The topological polar surface area (TPSA) is 47.3 Å². The molecule has 0 amide bonds. The molecule has 3 aromatic carbocycles. The Hall–Kier alpha value is -2.28. The lowest BCUT2D eigenvalue weighted by atomic mass is 10.2. The molecule has 0 spiro atoms. The molecule has 0 unspecified atom stereocenters. The Morgan fingerprint density at radius 2 is 1.69 bits per heavy atom. The minimum Gasteiger partial charge on any atom is -0.491 e. The molecule has 0 aliphatic carbocycles. The van der Waals surface area contributed by atoms with Crippen molar-refractivity contribution in [2.75, 3.05) is 6.61 Å². The van der Waals surface area contributed by atoms with E-state index in [0.717, 1.165) is 32.2 Å². The zero-order chi connectivity index (χ0) is 20.1. The predicted molar refractivity (Wildman–Crippen MR) is 121 cm³/mol. The zero-order valence-corrected chi connectivity index (χ0v) is 18.1. The summed E-state index contributed by atoms with van der Waals surface area (Å²) in [4.78, 5) is 4.78. The van der Waals surface area contributed by atoms with Crippen LogP contribution >= 0.6 is 27.7 Å². The lowest BCUT2D eigenvalue weighted by Gasteiger charge is -2.15. The maximum absolute atomic E-state index is 10.6. The van der Waals surface area contributed by atoms with Gasteiger partial charge in [-0.2, -0.15) is 0 Å². The van der Waals surface area contributed by atoms with Crippen LogP contribution in [-0.2, 0) is 12.3 Å². The van der Waals surface area contributed by atoms with Gasteiger partial charge in [-0.15, -0.1) is 0 Å².